The van der Waals surface area contributed by atoms with Gasteiger partial charge in [0.1, 0.15) is 0 Å². The molecule has 0 bridgehead atoms. The molecule has 1 rings (SSSR count). The number of benzene rings is 1. The molecule has 0 atom stereocenters. The minimum atomic E-state index is -0.133. The lowest BCUT2D eigenvalue weighted by Gasteiger charge is -2.08. The molecule has 15 heavy (non-hydrogen) atoms. The molecule has 0 unspecified atom stereocenters. The zero-order valence-corrected chi connectivity index (χ0v) is 9.16. The maximum absolute atomic E-state index is 11.6. The highest BCUT2D eigenvalue weighted by Gasteiger charge is 2.06. The van der Waals surface area contributed by atoms with Gasteiger partial charge >= 0.3 is 0 Å². The highest BCUT2D eigenvalue weighted by atomic mass is 16.3. The maximum Gasteiger partial charge on any atom is 0.251 e. The molecule has 2 N–H and O–H groups in total. The molecular formula is C12H17NO2. The van der Waals surface area contributed by atoms with Crippen molar-refractivity contribution in [2.75, 3.05) is 13.2 Å². The molecular weight excluding hydrogens is 190 g/mol. The first kappa shape index (κ1) is 11.7. The van der Waals surface area contributed by atoms with Gasteiger partial charge in [0.2, 0.25) is 0 Å². The Balaban J connectivity index is 2.76. The Labute approximate surface area is 90.1 Å². The first-order valence-electron chi connectivity index (χ1n) is 5.14. The summed E-state index contributed by atoms with van der Waals surface area (Å²) in [6.45, 7) is 4.44. The van der Waals surface area contributed by atoms with E-state index in [1.807, 2.05) is 18.2 Å². The van der Waals surface area contributed by atoms with Crippen LogP contribution < -0.4 is 5.32 Å². The largest absolute Gasteiger partial charge is 0.395 e. The van der Waals surface area contributed by atoms with Gasteiger partial charge in [0.25, 0.3) is 5.91 Å². The molecule has 0 fully saturated rings. The van der Waals surface area contributed by atoms with Crippen LogP contribution in [0.3, 0.4) is 0 Å². The Morgan fingerprint density at radius 1 is 1.47 bits per heavy atom. The molecule has 3 heteroatoms. The molecule has 1 aromatic carbocycles. The van der Waals surface area contributed by atoms with Crippen LogP contribution in [0.15, 0.2) is 24.3 Å². The number of hydrogen-bond donors (Lipinski definition) is 2. The Bertz CT molecular complexity index is 334. The molecule has 3 nitrogen and oxygen atoms in total. The Kier molecular flexibility index (Phi) is 4.31. The second-order valence-electron chi connectivity index (χ2n) is 3.76. The van der Waals surface area contributed by atoms with Gasteiger partial charge in [0.05, 0.1) is 6.61 Å². The van der Waals surface area contributed by atoms with Crippen LogP contribution in [0.1, 0.15) is 35.7 Å². The van der Waals surface area contributed by atoms with Crippen molar-refractivity contribution >= 4 is 5.91 Å². The van der Waals surface area contributed by atoms with Crippen LogP contribution in [0.5, 0.6) is 0 Å². The van der Waals surface area contributed by atoms with Crippen LogP contribution >= 0.6 is 0 Å². The molecule has 1 aromatic rings. The molecule has 0 aromatic heterocycles. The first-order valence-corrected chi connectivity index (χ1v) is 5.14. The molecule has 0 aliphatic rings. The third kappa shape index (κ3) is 3.36. The van der Waals surface area contributed by atoms with E-state index in [0.717, 1.165) is 5.56 Å². The van der Waals surface area contributed by atoms with Crippen molar-refractivity contribution in [3.63, 3.8) is 0 Å². The number of rotatable bonds is 4. The van der Waals surface area contributed by atoms with Gasteiger partial charge in [-0.1, -0.05) is 26.0 Å². The number of nitrogens with one attached hydrogen (secondary N) is 1. The molecule has 0 aliphatic heterocycles. The molecule has 1 amide bonds. The zero-order chi connectivity index (χ0) is 11.3. The van der Waals surface area contributed by atoms with Crippen LogP contribution in [-0.2, 0) is 0 Å². The van der Waals surface area contributed by atoms with Crippen LogP contribution in [0.25, 0.3) is 0 Å². The van der Waals surface area contributed by atoms with Crippen molar-refractivity contribution in [2.45, 2.75) is 19.8 Å². The third-order valence-electron chi connectivity index (χ3n) is 2.21. The summed E-state index contributed by atoms with van der Waals surface area (Å²) in [6, 6.07) is 7.55. The normalized spacial score (nSPS) is 10.4. The number of carbonyl (C=O) groups excluding carboxylic acids is 1. The minimum Gasteiger partial charge on any atom is -0.395 e. The van der Waals surface area contributed by atoms with E-state index in [1.165, 1.54) is 0 Å². The SMILES string of the molecule is CC(C)c1cccc(C(=O)NCCO)c1. The van der Waals surface area contributed by atoms with Crippen molar-refractivity contribution in [1.82, 2.24) is 5.32 Å². The number of amides is 1. The van der Waals surface area contributed by atoms with Gasteiger partial charge in [-0.05, 0) is 23.6 Å². The zero-order valence-electron chi connectivity index (χ0n) is 9.16. The number of carbonyl (C=O) groups is 1. The quantitative estimate of drug-likeness (QED) is 0.786. The van der Waals surface area contributed by atoms with Gasteiger partial charge < -0.3 is 10.4 Å². The lowest BCUT2D eigenvalue weighted by molar-refractivity contribution is 0.0944. The minimum absolute atomic E-state index is 0.0321. The first-order chi connectivity index (χ1) is 7.15. The van der Waals surface area contributed by atoms with Gasteiger partial charge in [-0.2, -0.15) is 0 Å². The number of aliphatic hydroxyl groups excluding tert-OH is 1. The second kappa shape index (κ2) is 5.51. The van der Waals surface area contributed by atoms with Crippen molar-refractivity contribution < 1.29 is 9.90 Å². The summed E-state index contributed by atoms with van der Waals surface area (Å²) >= 11 is 0. The predicted molar refractivity (Wildman–Crippen MR) is 60.0 cm³/mol. The fourth-order valence-electron chi connectivity index (χ4n) is 1.31. The van der Waals surface area contributed by atoms with E-state index in [9.17, 15) is 4.79 Å². The summed E-state index contributed by atoms with van der Waals surface area (Å²) in [6.07, 6.45) is 0. The molecule has 82 valence electrons. The van der Waals surface area contributed by atoms with E-state index in [1.54, 1.807) is 6.07 Å². The summed E-state index contributed by atoms with van der Waals surface area (Å²) in [4.78, 5) is 11.6. The molecule has 0 saturated heterocycles. The van der Waals surface area contributed by atoms with E-state index < -0.39 is 0 Å². The van der Waals surface area contributed by atoms with E-state index in [0.29, 0.717) is 18.0 Å². The Morgan fingerprint density at radius 2 is 2.20 bits per heavy atom. The topological polar surface area (TPSA) is 49.3 Å². The average molecular weight is 207 g/mol. The van der Waals surface area contributed by atoms with E-state index >= 15 is 0 Å². The molecule has 0 radical (unpaired) electrons. The fraction of sp³-hybridized carbons (Fsp3) is 0.417. The van der Waals surface area contributed by atoms with Gasteiger partial charge in [0.15, 0.2) is 0 Å². The molecule has 0 heterocycles. The predicted octanol–water partition coefficient (Wildman–Crippen LogP) is 1.53. The van der Waals surface area contributed by atoms with E-state index in [4.69, 9.17) is 5.11 Å². The van der Waals surface area contributed by atoms with Crippen molar-refractivity contribution in [3.8, 4) is 0 Å². The molecule has 0 spiro atoms. The molecule has 0 saturated carbocycles. The summed E-state index contributed by atoms with van der Waals surface area (Å²) < 4.78 is 0. The van der Waals surface area contributed by atoms with E-state index in [2.05, 4.69) is 19.2 Å². The van der Waals surface area contributed by atoms with Gasteiger partial charge in [-0.25, -0.2) is 0 Å². The van der Waals surface area contributed by atoms with Crippen molar-refractivity contribution in [2.24, 2.45) is 0 Å². The highest BCUT2D eigenvalue weighted by Crippen LogP contribution is 2.15. The fourth-order valence-corrected chi connectivity index (χ4v) is 1.31. The van der Waals surface area contributed by atoms with E-state index in [-0.39, 0.29) is 12.5 Å². The van der Waals surface area contributed by atoms with Crippen molar-refractivity contribution in [3.05, 3.63) is 35.4 Å². The Morgan fingerprint density at radius 3 is 2.80 bits per heavy atom. The lowest BCUT2D eigenvalue weighted by Crippen LogP contribution is -2.26. The summed E-state index contributed by atoms with van der Waals surface area (Å²) in [5, 5.41) is 11.2. The summed E-state index contributed by atoms with van der Waals surface area (Å²) in [5.74, 6) is 0.280. The van der Waals surface area contributed by atoms with Gasteiger partial charge in [-0.15, -0.1) is 0 Å². The average Bonchev–Trinajstić information content (AvgIpc) is 2.26. The second-order valence-corrected chi connectivity index (χ2v) is 3.76. The summed E-state index contributed by atoms with van der Waals surface area (Å²) in [7, 11) is 0. The van der Waals surface area contributed by atoms with Gasteiger partial charge in [0, 0.05) is 12.1 Å². The van der Waals surface area contributed by atoms with Crippen LogP contribution in [0, 0.1) is 0 Å². The highest BCUT2D eigenvalue weighted by molar-refractivity contribution is 5.94. The Hall–Kier alpha value is -1.35. The molecule has 0 aliphatic carbocycles. The smallest absolute Gasteiger partial charge is 0.251 e. The third-order valence-corrected chi connectivity index (χ3v) is 2.21. The maximum atomic E-state index is 11.6. The lowest BCUT2D eigenvalue weighted by atomic mass is 10.0. The van der Waals surface area contributed by atoms with Crippen LogP contribution in [0.2, 0.25) is 0 Å². The monoisotopic (exact) mass is 207 g/mol. The van der Waals surface area contributed by atoms with Gasteiger partial charge in [-0.3, -0.25) is 4.79 Å². The van der Waals surface area contributed by atoms with Crippen LogP contribution in [0.4, 0.5) is 0 Å². The summed E-state index contributed by atoms with van der Waals surface area (Å²) in [5.41, 5.74) is 1.79. The standard InChI is InChI=1S/C12H17NO2/c1-9(2)10-4-3-5-11(8-10)12(15)13-6-7-14/h3-5,8-9,14H,6-7H2,1-2H3,(H,13,15). The van der Waals surface area contributed by atoms with Crippen LogP contribution in [-0.4, -0.2) is 24.2 Å². The number of hydrogen-bond acceptors (Lipinski definition) is 2. The number of aliphatic hydroxyl groups is 1. The van der Waals surface area contributed by atoms with Crippen molar-refractivity contribution in [1.29, 1.82) is 0 Å².